The molecule has 4 atom stereocenters. The van der Waals surface area contributed by atoms with Gasteiger partial charge in [0.1, 0.15) is 0 Å². The van der Waals surface area contributed by atoms with Gasteiger partial charge in [-0.15, -0.1) is 0 Å². The highest BCUT2D eigenvalue weighted by atomic mass is 16.4. The Morgan fingerprint density at radius 3 is 2.38 bits per heavy atom. The molecule has 26 heavy (non-hydrogen) atoms. The molecule has 1 aromatic rings. The molecule has 4 rings (SSSR count). The maximum Gasteiger partial charge on any atom is 0.307 e. The van der Waals surface area contributed by atoms with Gasteiger partial charge in [-0.1, -0.05) is 12.2 Å². The lowest BCUT2D eigenvalue weighted by atomic mass is 9.82. The molecule has 3 aliphatic rings. The summed E-state index contributed by atoms with van der Waals surface area (Å²) < 4.78 is 1.83. The summed E-state index contributed by atoms with van der Waals surface area (Å²) in [5.74, 6) is -1.59. The molecule has 2 bridgehead atoms. The first kappa shape index (κ1) is 17.3. The molecule has 140 valence electrons. The second-order valence-corrected chi connectivity index (χ2v) is 7.85. The molecule has 2 heterocycles. The normalized spacial score (nSPS) is 30.9. The number of aryl methyl sites for hydroxylation is 2. The van der Waals surface area contributed by atoms with Crippen molar-refractivity contribution in [1.82, 2.24) is 19.6 Å². The third-order valence-corrected chi connectivity index (χ3v) is 6.22. The highest BCUT2D eigenvalue weighted by Gasteiger charge is 2.52. The van der Waals surface area contributed by atoms with E-state index >= 15 is 0 Å². The first-order valence-corrected chi connectivity index (χ1v) is 9.35. The van der Waals surface area contributed by atoms with Gasteiger partial charge in [0, 0.05) is 51.5 Å². The van der Waals surface area contributed by atoms with Crippen molar-refractivity contribution in [3.05, 3.63) is 29.6 Å². The van der Waals surface area contributed by atoms with Crippen LogP contribution in [0.4, 0.5) is 0 Å². The summed E-state index contributed by atoms with van der Waals surface area (Å²) in [7, 11) is 1.93. The molecule has 1 aliphatic heterocycles. The largest absolute Gasteiger partial charge is 0.481 e. The average Bonchev–Trinajstić information content (AvgIpc) is 3.29. The summed E-state index contributed by atoms with van der Waals surface area (Å²) in [6.07, 6.45) is 6.90. The number of piperazine rings is 1. The zero-order chi connectivity index (χ0) is 18.4. The lowest BCUT2D eigenvalue weighted by molar-refractivity contribution is -0.151. The minimum absolute atomic E-state index is 0.0290. The van der Waals surface area contributed by atoms with Gasteiger partial charge in [0.05, 0.1) is 17.5 Å². The maximum atomic E-state index is 13.0. The minimum Gasteiger partial charge on any atom is -0.481 e. The van der Waals surface area contributed by atoms with E-state index in [-0.39, 0.29) is 23.7 Å². The number of allylic oxidation sites excluding steroid dienone is 2. The van der Waals surface area contributed by atoms with Crippen molar-refractivity contribution < 1.29 is 14.7 Å². The van der Waals surface area contributed by atoms with Crippen molar-refractivity contribution in [1.29, 1.82) is 0 Å². The molecular formula is C19H26N4O3. The Labute approximate surface area is 153 Å². The van der Waals surface area contributed by atoms with Gasteiger partial charge < -0.3 is 10.0 Å². The Morgan fingerprint density at radius 2 is 1.81 bits per heavy atom. The monoisotopic (exact) mass is 358 g/mol. The van der Waals surface area contributed by atoms with Crippen LogP contribution >= 0.6 is 0 Å². The van der Waals surface area contributed by atoms with Crippen LogP contribution in [-0.2, 0) is 23.2 Å². The molecule has 0 radical (unpaired) electrons. The van der Waals surface area contributed by atoms with Gasteiger partial charge in [0.25, 0.3) is 0 Å². The Kier molecular flexibility index (Phi) is 4.34. The van der Waals surface area contributed by atoms with Crippen LogP contribution in [0.1, 0.15) is 17.7 Å². The summed E-state index contributed by atoms with van der Waals surface area (Å²) in [6, 6.07) is 0. The van der Waals surface area contributed by atoms with Crippen LogP contribution in [0.2, 0.25) is 0 Å². The SMILES string of the molecule is Cc1nn(C)cc1CN1CCN(C(=O)[C@H]2[C@@H](C(=O)O)[C@H]3C=C[C@@H]2C3)CC1. The van der Waals surface area contributed by atoms with Crippen molar-refractivity contribution in [3.8, 4) is 0 Å². The standard InChI is InChI=1S/C19H26N4O3/c1-12-15(10-21(2)20-12)11-22-5-7-23(8-6-22)18(24)16-13-3-4-14(9-13)17(16)19(25)26/h3-4,10,13-14,16-17H,5-9,11H2,1-2H3,(H,25,26)/t13-,14+,16-,17+/m1/s1. The molecule has 0 spiro atoms. The zero-order valence-electron chi connectivity index (χ0n) is 15.3. The highest BCUT2D eigenvalue weighted by molar-refractivity contribution is 5.87. The van der Waals surface area contributed by atoms with Crippen LogP contribution in [0.15, 0.2) is 18.3 Å². The van der Waals surface area contributed by atoms with E-state index in [1.165, 1.54) is 5.56 Å². The van der Waals surface area contributed by atoms with Crippen LogP contribution in [0, 0.1) is 30.6 Å². The molecule has 1 saturated heterocycles. The van der Waals surface area contributed by atoms with E-state index in [0.29, 0.717) is 13.1 Å². The second kappa shape index (κ2) is 6.54. The third kappa shape index (κ3) is 2.94. The Hall–Kier alpha value is -2.15. The fourth-order valence-electron chi connectivity index (χ4n) is 4.88. The topological polar surface area (TPSA) is 78.7 Å². The molecule has 1 aromatic heterocycles. The third-order valence-electron chi connectivity index (χ3n) is 6.22. The smallest absolute Gasteiger partial charge is 0.307 e. The van der Waals surface area contributed by atoms with Gasteiger partial charge in [-0.3, -0.25) is 19.2 Å². The molecule has 1 amide bonds. The molecule has 7 heteroatoms. The Bertz CT molecular complexity index is 748. The van der Waals surface area contributed by atoms with Gasteiger partial charge in [-0.25, -0.2) is 0 Å². The van der Waals surface area contributed by atoms with Gasteiger partial charge in [-0.05, 0) is 25.2 Å². The Morgan fingerprint density at radius 1 is 1.15 bits per heavy atom. The van der Waals surface area contributed by atoms with E-state index in [1.807, 2.05) is 41.9 Å². The Balaban J connectivity index is 1.37. The van der Waals surface area contributed by atoms with Crippen molar-refractivity contribution in [2.24, 2.45) is 30.7 Å². The number of amides is 1. The first-order chi connectivity index (χ1) is 12.4. The van der Waals surface area contributed by atoms with E-state index in [4.69, 9.17) is 0 Å². The van der Waals surface area contributed by atoms with E-state index in [1.54, 1.807) is 0 Å². The molecule has 0 unspecified atom stereocenters. The summed E-state index contributed by atoms with van der Waals surface area (Å²) in [6.45, 7) is 5.83. The predicted octanol–water partition coefficient (Wildman–Crippen LogP) is 0.896. The van der Waals surface area contributed by atoms with Crippen LogP contribution in [0.3, 0.4) is 0 Å². The zero-order valence-corrected chi connectivity index (χ0v) is 15.3. The number of aromatic nitrogens is 2. The van der Waals surface area contributed by atoms with Crippen LogP contribution in [0.25, 0.3) is 0 Å². The van der Waals surface area contributed by atoms with Crippen molar-refractivity contribution in [2.75, 3.05) is 26.2 Å². The number of carboxylic acids is 1. The number of carbonyl (C=O) groups excluding carboxylic acids is 1. The predicted molar refractivity (Wildman–Crippen MR) is 95.2 cm³/mol. The molecule has 0 aromatic carbocycles. The van der Waals surface area contributed by atoms with Crippen LogP contribution < -0.4 is 0 Å². The summed E-state index contributed by atoms with van der Waals surface area (Å²) in [5, 5.41) is 13.9. The summed E-state index contributed by atoms with van der Waals surface area (Å²) in [5.41, 5.74) is 2.26. The number of nitrogens with zero attached hydrogens (tertiary/aromatic N) is 4. The molecular weight excluding hydrogens is 332 g/mol. The lowest BCUT2D eigenvalue weighted by Crippen LogP contribution is -2.52. The summed E-state index contributed by atoms with van der Waals surface area (Å²) >= 11 is 0. The fraction of sp³-hybridized carbons (Fsp3) is 0.632. The average molecular weight is 358 g/mol. The molecule has 2 aliphatic carbocycles. The second-order valence-electron chi connectivity index (χ2n) is 7.85. The highest BCUT2D eigenvalue weighted by Crippen LogP contribution is 2.48. The van der Waals surface area contributed by atoms with Crippen molar-refractivity contribution in [2.45, 2.75) is 19.9 Å². The summed E-state index contributed by atoms with van der Waals surface area (Å²) in [4.78, 5) is 28.9. The minimum atomic E-state index is -0.828. The lowest BCUT2D eigenvalue weighted by Gasteiger charge is -2.37. The molecule has 7 nitrogen and oxygen atoms in total. The van der Waals surface area contributed by atoms with E-state index < -0.39 is 11.9 Å². The van der Waals surface area contributed by atoms with Crippen LogP contribution in [0.5, 0.6) is 0 Å². The maximum absolute atomic E-state index is 13.0. The number of aliphatic carboxylic acids is 1. The number of hydrogen-bond donors (Lipinski definition) is 1. The van der Waals surface area contributed by atoms with Crippen molar-refractivity contribution >= 4 is 11.9 Å². The fourth-order valence-corrected chi connectivity index (χ4v) is 4.88. The van der Waals surface area contributed by atoms with Gasteiger partial charge in [-0.2, -0.15) is 5.10 Å². The molecule has 2 fully saturated rings. The van der Waals surface area contributed by atoms with Crippen LogP contribution in [-0.4, -0.2) is 62.7 Å². The van der Waals surface area contributed by atoms with Gasteiger partial charge in [0.15, 0.2) is 0 Å². The van der Waals surface area contributed by atoms with E-state index in [0.717, 1.165) is 31.7 Å². The van der Waals surface area contributed by atoms with E-state index in [2.05, 4.69) is 10.00 Å². The number of rotatable bonds is 4. The number of carboxylic acid groups (broad SMARTS) is 1. The van der Waals surface area contributed by atoms with Gasteiger partial charge >= 0.3 is 5.97 Å². The van der Waals surface area contributed by atoms with Crippen molar-refractivity contribution in [3.63, 3.8) is 0 Å². The molecule has 1 N–H and O–H groups in total. The number of fused-ring (bicyclic) bond motifs is 2. The quantitative estimate of drug-likeness (QED) is 0.809. The van der Waals surface area contributed by atoms with Gasteiger partial charge in [0.2, 0.25) is 5.91 Å². The van der Waals surface area contributed by atoms with E-state index in [9.17, 15) is 14.7 Å². The first-order valence-electron chi connectivity index (χ1n) is 9.35. The number of hydrogen-bond acceptors (Lipinski definition) is 4. The molecule has 1 saturated carbocycles. The number of carbonyl (C=O) groups is 2.